The topological polar surface area (TPSA) is 56.9 Å². The van der Waals surface area contributed by atoms with Crippen LogP contribution in [0.1, 0.15) is 0 Å². The van der Waals surface area contributed by atoms with Gasteiger partial charge in [-0.15, -0.1) is 5.10 Å². The Balaban J connectivity index is 1.72. The lowest BCUT2D eigenvalue weighted by Crippen LogP contribution is -2.47. The van der Waals surface area contributed by atoms with Crippen molar-refractivity contribution in [3.8, 4) is 0 Å². The van der Waals surface area contributed by atoms with E-state index in [4.69, 9.17) is 5.11 Å². The van der Waals surface area contributed by atoms with Crippen LogP contribution in [-0.4, -0.2) is 63.9 Å². The van der Waals surface area contributed by atoms with E-state index < -0.39 is 0 Å². The summed E-state index contributed by atoms with van der Waals surface area (Å²) < 4.78 is 2.93. The minimum Gasteiger partial charge on any atom is -0.395 e. The van der Waals surface area contributed by atoms with Crippen LogP contribution in [0.5, 0.6) is 0 Å². The lowest BCUT2D eigenvalue weighted by atomic mass is 10.3. The average molecular weight is 379 g/mol. The lowest BCUT2D eigenvalue weighted by molar-refractivity contribution is 0.188. The number of nitrogens with zero attached hydrogens (tertiary/aromatic N) is 5. The quantitative estimate of drug-likeness (QED) is 0.788. The molecule has 1 aliphatic heterocycles. The number of halogens is 1. The zero-order chi connectivity index (χ0) is 12.5. The SMILES string of the molecule is OCCN1CCN(c2nn3c(I)cnc3s2)CC1. The van der Waals surface area contributed by atoms with Crippen LogP contribution in [0.2, 0.25) is 0 Å². The third-order valence-corrected chi connectivity index (χ3v) is 4.81. The largest absolute Gasteiger partial charge is 0.395 e. The number of aliphatic hydroxyl groups is 1. The second-order valence-electron chi connectivity index (χ2n) is 4.21. The Morgan fingerprint density at radius 2 is 2.11 bits per heavy atom. The Morgan fingerprint density at radius 1 is 1.33 bits per heavy atom. The Labute approximate surface area is 122 Å². The van der Waals surface area contributed by atoms with Gasteiger partial charge in [-0.05, 0) is 22.6 Å². The summed E-state index contributed by atoms with van der Waals surface area (Å²) >= 11 is 3.87. The van der Waals surface area contributed by atoms with Crippen LogP contribution in [0, 0.1) is 3.70 Å². The molecule has 1 saturated heterocycles. The maximum Gasteiger partial charge on any atom is 0.214 e. The van der Waals surface area contributed by atoms with Crippen LogP contribution < -0.4 is 4.90 Å². The second kappa shape index (κ2) is 5.27. The van der Waals surface area contributed by atoms with E-state index in [1.807, 2.05) is 10.7 Å². The van der Waals surface area contributed by atoms with Crippen molar-refractivity contribution in [2.75, 3.05) is 44.2 Å². The van der Waals surface area contributed by atoms with Crippen molar-refractivity contribution in [1.29, 1.82) is 0 Å². The van der Waals surface area contributed by atoms with Crippen molar-refractivity contribution < 1.29 is 5.11 Å². The van der Waals surface area contributed by atoms with Gasteiger partial charge in [-0.3, -0.25) is 4.90 Å². The Bertz CT molecular complexity index is 533. The average Bonchev–Trinajstić information content (AvgIpc) is 2.94. The molecule has 0 aromatic carbocycles. The van der Waals surface area contributed by atoms with Crippen molar-refractivity contribution in [3.63, 3.8) is 0 Å². The van der Waals surface area contributed by atoms with Crippen molar-refractivity contribution in [3.05, 3.63) is 9.90 Å². The molecule has 3 heterocycles. The molecule has 6 nitrogen and oxygen atoms in total. The molecule has 1 aliphatic rings. The number of hydrogen-bond donors (Lipinski definition) is 1. The van der Waals surface area contributed by atoms with Crippen molar-refractivity contribution >= 4 is 44.0 Å². The smallest absolute Gasteiger partial charge is 0.214 e. The zero-order valence-corrected chi connectivity index (χ0v) is 12.8. The lowest BCUT2D eigenvalue weighted by Gasteiger charge is -2.33. The van der Waals surface area contributed by atoms with Gasteiger partial charge in [0.05, 0.1) is 12.8 Å². The monoisotopic (exact) mass is 379 g/mol. The Kier molecular flexibility index (Phi) is 3.68. The van der Waals surface area contributed by atoms with E-state index in [-0.39, 0.29) is 6.61 Å². The summed E-state index contributed by atoms with van der Waals surface area (Å²) in [5.41, 5.74) is 0. The molecule has 0 radical (unpaired) electrons. The highest BCUT2D eigenvalue weighted by Crippen LogP contribution is 2.25. The minimum atomic E-state index is 0.239. The number of hydrogen-bond acceptors (Lipinski definition) is 6. The van der Waals surface area contributed by atoms with Crippen molar-refractivity contribution in [1.82, 2.24) is 19.5 Å². The first-order valence-electron chi connectivity index (χ1n) is 5.86. The number of β-amino-alcohol motifs (C(OH)–C–C–N with tert-alkyl or cyclic N) is 1. The molecule has 98 valence electrons. The number of imidazole rings is 1. The third kappa shape index (κ3) is 2.33. The highest BCUT2D eigenvalue weighted by Gasteiger charge is 2.20. The molecule has 1 fully saturated rings. The normalized spacial score (nSPS) is 17.8. The molecule has 0 unspecified atom stereocenters. The van der Waals surface area contributed by atoms with E-state index in [0.717, 1.165) is 46.5 Å². The van der Waals surface area contributed by atoms with Gasteiger partial charge in [-0.25, -0.2) is 4.98 Å². The number of aliphatic hydroxyl groups excluding tert-OH is 1. The zero-order valence-electron chi connectivity index (χ0n) is 9.79. The summed E-state index contributed by atoms with van der Waals surface area (Å²) in [6.45, 7) is 4.91. The summed E-state index contributed by atoms with van der Waals surface area (Å²) in [6, 6.07) is 0. The molecule has 1 N–H and O–H groups in total. The van der Waals surface area contributed by atoms with Crippen LogP contribution in [0.3, 0.4) is 0 Å². The Hall–Kier alpha value is -0.450. The van der Waals surface area contributed by atoms with Crippen LogP contribution in [0.25, 0.3) is 4.96 Å². The predicted octanol–water partition coefficient (Wildman–Crippen LogP) is 0.510. The van der Waals surface area contributed by atoms with Gasteiger partial charge in [0.25, 0.3) is 0 Å². The standard InChI is InChI=1S/C10H14IN5OS/c11-8-7-12-9-16(8)13-10(18-9)15-3-1-14(2-4-15)5-6-17/h7,17H,1-6H2. The molecule has 0 atom stereocenters. The van der Waals surface area contributed by atoms with Crippen LogP contribution in [0.15, 0.2) is 6.20 Å². The van der Waals surface area contributed by atoms with Gasteiger partial charge in [0.1, 0.15) is 3.70 Å². The molecular formula is C10H14IN5OS. The van der Waals surface area contributed by atoms with Gasteiger partial charge in [-0.1, -0.05) is 11.3 Å². The molecule has 18 heavy (non-hydrogen) atoms. The number of piperazine rings is 1. The molecule has 2 aromatic rings. The van der Waals surface area contributed by atoms with E-state index in [1.54, 1.807) is 11.3 Å². The van der Waals surface area contributed by atoms with Crippen LogP contribution >= 0.6 is 33.9 Å². The summed E-state index contributed by atoms with van der Waals surface area (Å²) in [6.07, 6.45) is 1.84. The number of aromatic nitrogens is 3. The summed E-state index contributed by atoms with van der Waals surface area (Å²) in [5.74, 6) is 0. The Morgan fingerprint density at radius 3 is 2.78 bits per heavy atom. The molecule has 0 amide bonds. The fraction of sp³-hybridized carbons (Fsp3) is 0.600. The van der Waals surface area contributed by atoms with Crippen molar-refractivity contribution in [2.24, 2.45) is 0 Å². The first kappa shape index (κ1) is 12.6. The summed E-state index contributed by atoms with van der Waals surface area (Å²) in [4.78, 5) is 9.84. The highest BCUT2D eigenvalue weighted by atomic mass is 127. The second-order valence-corrected chi connectivity index (χ2v) is 6.25. The van der Waals surface area contributed by atoms with Gasteiger partial charge in [0.2, 0.25) is 10.1 Å². The maximum absolute atomic E-state index is 8.92. The molecule has 8 heteroatoms. The van der Waals surface area contributed by atoms with E-state index in [1.165, 1.54) is 0 Å². The maximum atomic E-state index is 8.92. The first-order valence-corrected chi connectivity index (χ1v) is 7.75. The molecule has 2 aromatic heterocycles. The van der Waals surface area contributed by atoms with E-state index >= 15 is 0 Å². The van der Waals surface area contributed by atoms with E-state index in [0.29, 0.717) is 0 Å². The van der Waals surface area contributed by atoms with Crippen molar-refractivity contribution in [2.45, 2.75) is 0 Å². The fourth-order valence-corrected chi connectivity index (χ4v) is 3.66. The minimum absolute atomic E-state index is 0.239. The summed E-state index contributed by atoms with van der Waals surface area (Å²) in [7, 11) is 0. The molecule has 3 rings (SSSR count). The van der Waals surface area contributed by atoms with Gasteiger partial charge in [-0.2, -0.15) is 4.52 Å². The fourth-order valence-electron chi connectivity index (χ4n) is 2.09. The molecular weight excluding hydrogens is 365 g/mol. The van der Waals surface area contributed by atoms with Gasteiger partial charge < -0.3 is 10.0 Å². The number of fused-ring (bicyclic) bond motifs is 1. The van der Waals surface area contributed by atoms with E-state index in [9.17, 15) is 0 Å². The molecule has 0 bridgehead atoms. The molecule has 0 aliphatic carbocycles. The summed E-state index contributed by atoms with van der Waals surface area (Å²) in [5, 5.41) is 14.6. The first-order chi connectivity index (χ1) is 8.78. The highest BCUT2D eigenvalue weighted by molar-refractivity contribution is 14.1. The number of rotatable bonds is 3. The van der Waals surface area contributed by atoms with Gasteiger partial charge in [0, 0.05) is 32.7 Å². The van der Waals surface area contributed by atoms with E-state index in [2.05, 4.69) is 42.5 Å². The van der Waals surface area contributed by atoms with Gasteiger partial charge in [0.15, 0.2) is 0 Å². The molecule has 0 spiro atoms. The van der Waals surface area contributed by atoms with Crippen LogP contribution in [-0.2, 0) is 0 Å². The predicted molar refractivity (Wildman–Crippen MR) is 79.3 cm³/mol. The molecule has 0 saturated carbocycles. The van der Waals surface area contributed by atoms with Gasteiger partial charge >= 0.3 is 0 Å². The number of anilines is 1. The van der Waals surface area contributed by atoms with Crippen LogP contribution in [0.4, 0.5) is 5.13 Å². The third-order valence-electron chi connectivity index (χ3n) is 3.09.